The maximum absolute atomic E-state index is 12.9. The van der Waals surface area contributed by atoms with Gasteiger partial charge in [-0.25, -0.2) is 4.79 Å². The molecule has 1 N–H and O–H groups in total. The van der Waals surface area contributed by atoms with Crippen molar-refractivity contribution in [2.24, 2.45) is 14.1 Å². The lowest BCUT2D eigenvalue weighted by molar-refractivity contribution is 0.140. The smallest absolute Gasteiger partial charge is 0.332 e. The molecule has 1 aliphatic heterocycles. The van der Waals surface area contributed by atoms with E-state index in [9.17, 15) is 14.7 Å². The number of aromatic nitrogens is 6. The molecule has 1 fully saturated rings. The van der Waals surface area contributed by atoms with Gasteiger partial charge in [0, 0.05) is 32.7 Å². The number of anilines is 1. The molecule has 0 saturated carbocycles. The molecule has 32 heavy (non-hydrogen) atoms. The van der Waals surface area contributed by atoms with Crippen LogP contribution in [-0.2, 0) is 20.6 Å². The predicted octanol–water partition coefficient (Wildman–Crippen LogP) is 1.02. The number of aryl methyl sites for hydroxylation is 1. The zero-order valence-electron chi connectivity index (χ0n) is 17.0. The molecule has 0 atom stereocenters. The number of benzene rings is 1. The quantitative estimate of drug-likeness (QED) is 0.461. The molecule has 0 amide bonds. The van der Waals surface area contributed by atoms with Gasteiger partial charge in [0.2, 0.25) is 17.7 Å². The third-order valence-corrected chi connectivity index (χ3v) is 6.14. The summed E-state index contributed by atoms with van der Waals surface area (Å²) in [4.78, 5) is 31.6. The van der Waals surface area contributed by atoms with Crippen molar-refractivity contribution < 1.29 is 9.52 Å². The Morgan fingerprint density at radius 2 is 1.88 bits per heavy atom. The van der Waals surface area contributed by atoms with Crippen LogP contribution in [0.5, 0.6) is 0 Å². The summed E-state index contributed by atoms with van der Waals surface area (Å²) in [5, 5.41) is 18.7. The molecule has 0 spiro atoms. The summed E-state index contributed by atoms with van der Waals surface area (Å²) in [7, 11) is 2.95. The zero-order chi connectivity index (χ0) is 22.7. The van der Waals surface area contributed by atoms with Crippen LogP contribution < -0.4 is 16.1 Å². The Morgan fingerprint density at radius 3 is 2.56 bits per heavy atom. The van der Waals surface area contributed by atoms with Crippen LogP contribution in [-0.4, -0.2) is 53.2 Å². The Bertz CT molecular complexity index is 1480. The number of aliphatic hydroxyl groups is 1. The first-order valence-electron chi connectivity index (χ1n) is 9.61. The zero-order valence-corrected chi connectivity index (χ0v) is 18.5. The van der Waals surface area contributed by atoms with E-state index in [1.54, 1.807) is 29.8 Å². The molecule has 11 nitrogen and oxygen atoms in total. The van der Waals surface area contributed by atoms with Crippen LogP contribution in [0.1, 0.15) is 5.89 Å². The first-order chi connectivity index (χ1) is 15.2. The van der Waals surface area contributed by atoms with E-state index in [1.165, 1.54) is 11.6 Å². The maximum atomic E-state index is 12.9. The second-order valence-corrected chi connectivity index (χ2v) is 8.38. The molecular formula is C19H17Cl2N7O4. The predicted molar refractivity (Wildman–Crippen MR) is 117 cm³/mol. The molecule has 5 rings (SSSR count). The second-order valence-electron chi connectivity index (χ2n) is 7.56. The lowest BCUT2D eigenvalue weighted by Crippen LogP contribution is -2.52. The minimum atomic E-state index is -0.493. The van der Waals surface area contributed by atoms with Crippen LogP contribution in [0.3, 0.4) is 0 Å². The van der Waals surface area contributed by atoms with E-state index in [2.05, 4.69) is 15.2 Å². The number of rotatable bonds is 4. The Hall–Kier alpha value is -3.15. The number of fused-ring (bicyclic) bond motifs is 1. The van der Waals surface area contributed by atoms with Gasteiger partial charge in [-0.15, -0.1) is 10.2 Å². The molecule has 4 heterocycles. The fourth-order valence-electron chi connectivity index (χ4n) is 3.64. The lowest BCUT2D eigenvalue weighted by Gasteiger charge is -2.36. The van der Waals surface area contributed by atoms with E-state index < -0.39 is 17.4 Å². The van der Waals surface area contributed by atoms with Crippen molar-refractivity contribution in [3.05, 3.63) is 55.0 Å². The number of hydrogen-bond acceptors (Lipinski definition) is 8. The number of imidazole rings is 1. The number of β-amino-alcohol motifs (C(OH)–C–C–N with tert-alkyl or cyclic N) is 1. The molecule has 1 aliphatic rings. The Morgan fingerprint density at radius 1 is 1.12 bits per heavy atom. The van der Waals surface area contributed by atoms with E-state index in [0.29, 0.717) is 34.6 Å². The minimum absolute atomic E-state index is 0.0419. The van der Waals surface area contributed by atoms with E-state index >= 15 is 0 Å². The van der Waals surface area contributed by atoms with Crippen molar-refractivity contribution >= 4 is 40.3 Å². The van der Waals surface area contributed by atoms with Gasteiger partial charge >= 0.3 is 5.69 Å². The van der Waals surface area contributed by atoms with Gasteiger partial charge in [0.1, 0.15) is 6.54 Å². The van der Waals surface area contributed by atoms with E-state index in [0.717, 1.165) is 4.57 Å². The molecule has 166 valence electrons. The fourth-order valence-corrected chi connectivity index (χ4v) is 3.94. The highest BCUT2D eigenvalue weighted by Crippen LogP contribution is 2.29. The summed E-state index contributed by atoms with van der Waals surface area (Å²) in [5.41, 5.74) is 0.0752. The SMILES string of the molecule is Cn1c(=O)c2c(nc(N3CC(O)C3)n2Cc2nnc(-c3ccc(Cl)c(Cl)c3)o2)n(C)c1=O. The average molecular weight is 478 g/mol. The number of aliphatic hydroxyl groups excluding tert-OH is 1. The summed E-state index contributed by atoms with van der Waals surface area (Å²) in [6.07, 6.45) is -0.487. The summed E-state index contributed by atoms with van der Waals surface area (Å²) < 4.78 is 9.75. The van der Waals surface area contributed by atoms with Gasteiger partial charge in [0.05, 0.1) is 16.1 Å². The summed E-state index contributed by atoms with van der Waals surface area (Å²) in [6, 6.07) is 4.95. The minimum Gasteiger partial charge on any atom is -0.419 e. The lowest BCUT2D eigenvalue weighted by atomic mass is 10.2. The molecule has 0 unspecified atom stereocenters. The second kappa shape index (κ2) is 7.47. The average Bonchev–Trinajstić information content (AvgIpc) is 3.36. The van der Waals surface area contributed by atoms with Gasteiger partial charge in [-0.2, -0.15) is 4.98 Å². The number of halogens is 2. The Kier molecular flexibility index (Phi) is 4.84. The summed E-state index contributed by atoms with van der Waals surface area (Å²) in [6.45, 7) is 0.756. The first kappa shape index (κ1) is 20.7. The summed E-state index contributed by atoms with van der Waals surface area (Å²) in [5.74, 6) is 0.894. The number of nitrogens with zero attached hydrogens (tertiary/aromatic N) is 7. The number of hydrogen-bond donors (Lipinski definition) is 1. The van der Waals surface area contributed by atoms with E-state index in [1.807, 2.05) is 4.90 Å². The third-order valence-electron chi connectivity index (χ3n) is 5.40. The van der Waals surface area contributed by atoms with Crippen LogP contribution in [0.25, 0.3) is 22.6 Å². The molecular weight excluding hydrogens is 461 g/mol. The van der Waals surface area contributed by atoms with Gasteiger partial charge in [-0.3, -0.25) is 18.5 Å². The molecule has 0 radical (unpaired) electrons. The third kappa shape index (κ3) is 3.20. The van der Waals surface area contributed by atoms with Crippen molar-refractivity contribution in [1.29, 1.82) is 0 Å². The van der Waals surface area contributed by atoms with Crippen molar-refractivity contribution in [3.63, 3.8) is 0 Å². The van der Waals surface area contributed by atoms with E-state index in [-0.39, 0.29) is 29.5 Å². The van der Waals surface area contributed by atoms with Crippen LogP contribution >= 0.6 is 23.2 Å². The Balaban J connectivity index is 1.61. The molecule has 0 aliphatic carbocycles. The molecule has 0 bridgehead atoms. The van der Waals surface area contributed by atoms with Gasteiger partial charge < -0.3 is 14.4 Å². The van der Waals surface area contributed by atoms with Crippen molar-refractivity contribution in [2.45, 2.75) is 12.6 Å². The molecule has 4 aromatic rings. The van der Waals surface area contributed by atoms with Gasteiger partial charge in [-0.1, -0.05) is 23.2 Å². The molecule has 1 aromatic carbocycles. The summed E-state index contributed by atoms with van der Waals surface area (Å²) >= 11 is 12.0. The van der Waals surface area contributed by atoms with Crippen molar-refractivity contribution in [2.75, 3.05) is 18.0 Å². The molecule has 1 saturated heterocycles. The molecule has 13 heteroatoms. The standard InChI is InChI=1S/C19H17Cl2N7O4/c1-25-15-14(17(30)26(2)19(25)31)28(18(22-15)27-6-10(29)7-27)8-13-23-24-16(32-13)9-3-4-11(20)12(21)5-9/h3-5,10,29H,6-8H2,1-2H3. The van der Waals surface area contributed by atoms with Crippen molar-refractivity contribution in [1.82, 2.24) is 28.9 Å². The Labute approximate surface area is 190 Å². The highest BCUT2D eigenvalue weighted by atomic mass is 35.5. The van der Waals surface area contributed by atoms with Crippen LogP contribution in [0, 0.1) is 0 Å². The van der Waals surface area contributed by atoms with Crippen LogP contribution in [0.2, 0.25) is 10.0 Å². The van der Waals surface area contributed by atoms with E-state index in [4.69, 9.17) is 27.6 Å². The monoisotopic (exact) mass is 477 g/mol. The highest BCUT2D eigenvalue weighted by Gasteiger charge is 2.31. The van der Waals surface area contributed by atoms with Crippen LogP contribution in [0.15, 0.2) is 32.2 Å². The van der Waals surface area contributed by atoms with Gasteiger partial charge in [0.15, 0.2) is 11.2 Å². The molecule has 3 aromatic heterocycles. The maximum Gasteiger partial charge on any atom is 0.332 e. The van der Waals surface area contributed by atoms with Crippen molar-refractivity contribution in [3.8, 4) is 11.5 Å². The highest BCUT2D eigenvalue weighted by molar-refractivity contribution is 6.42. The fraction of sp³-hybridized carbons (Fsp3) is 0.316. The normalized spacial score (nSPS) is 14.3. The largest absolute Gasteiger partial charge is 0.419 e. The topological polar surface area (TPSA) is 124 Å². The van der Waals surface area contributed by atoms with Gasteiger partial charge in [-0.05, 0) is 18.2 Å². The van der Waals surface area contributed by atoms with Gasteiger partial charge in [0.25, 0.3) is 5.56 Å². The first-order valence-corrected chi connectivity index (χ1v) is 10.4. The van der Waals surface area contributed by atoms with Crippen LogP contribution in [0.4, 0.5) is 5.95 Å².